The van der Waals surface area contributed by atoms with Crippen molar-refractivity contribution in [1.29, 1.82) is 0 Å². The SMILES string of the molecule is NC(=O)CCCCCCC1=CC=C[N+]1(Cc1ccccc1)Cc1ccccc1. The summed E-state index contributed by atoms with van der Waals surface area (Å²) in [7, 11) is 0. The van der Waals surface area contributed by atoms with Crippen LogP contribution in [0.5, 0.6) is 0 Å². The quantitative estimate of drug-likeness (QED) is 0.412. The monoisotopic (exact) mass is 375 g/mol. The van der Waals surface area contributed by atoms with Crippen LogP contribution in [0.4, 0.5) is 0 Å². The highest BCUT2D eigenvalue weighted by Gasteiger charge is 2.33. The fourth-order valence-corrected chi connectivity index (χ4v) is 4.01. The zero-order chi connectivity index (χ0) is 19.7. The molecule has 1 amide bonds. The van der Waals surface area contributed by atoms with Crippen LogP contribution in [0, 0.1) is 0 Å². The molecule has 0 spiro atoms. The molecule has 3 rings (SSSR count). The van der Waals surface area contributed by atoms with E-state index in [-0.39, 0.29) is 5.91 Å². The van der Waals surface area contributed by atoms with Gasteiger partial charge in [-0.15, -0.1) is 0 Å². The summed E-state index contributed by atoms with van der Waals surface area (Å²) < 4.78 is 0.870. The van der Waals surface area contributed by atoms with Crippen LogP contribution in [-0.4, -0.2) is 10.4 Å². The molecule has 0 fully saturated rings. The molecular formula is C25H31N2O+. The van der Waals surface area contributed by atoms with Crippen molar-refractivity contribution in [3.05, 3.63) is 95.8 Å². The van der Waals surface area contributed by atoms with Crippen LogP contribution in [0.2, 0.25) is 0 Å². The molecule has 0 radical (unpaired) electrons. The fraction of sp³-hybridized carbons (Fsp3) is 0.320. The summed E-state index contributed by atoms with van der Waals surface area (Å²) >= 11 is 0. The molecule has 0 saturated carbocycles. The molecule has 0 unspecified atom stereocenters. The predicted octanol–water partition coefficient (Wildman–Crippen LogP) is 5.44. The van der Waals surface area contributed by atoms with Crippen molar-refractivity contribution >= 4 is 5.91 Å². The number of amides is 1. The maximum absolute atomic E-state index is 10.9. The second-order valence-electron chi connectivity index (χ2n) is 7.70. The van der Waals surface area contributed by atoms with Crippen LogP contribution >= 0.6 is 0 Å². The van der Waals surface area contributed by atoms with Gasteiger partial charge in [0.25, 0.3) is 0 Å². The van der Waals surface area contributed by atoms with Crippen molar-refractivity contribution in [3.8, 4) is 0 Å². The topological polar surface area (TPSA) is 43.1 Å². The molecule has 1 aliphatic rings. The molecule has 0 aliphatic carbocycles. The zero-order valence-electron chi connectivity index (χ0n) is 16.6. The second-order valence-corrected chi connectivity index (χ2v) is 7.70. The Bertz CT molecular complexity index is 767. The molecular weight excluding hydrogens is 344 g/mol. The molecule has 1 heterocycles. The molecule has 146 valence electrons. The van der Waals surface area contributed by atoms with E-state index in [1.54, 1.807) is 0 Å². The Labute approximate surface area is 168 Å². The number of benzene rings is 2. The fourth-order valence-electron chi connectivity index (χ4n) is 4.01. The van der Waals surface area contributed by atoms with Gasteiger partial charge >= 0.3 is 0 Å². The van der Waals surface area contributed by atoms with Crippen molar-refractivity contribution in [2.75, 3.05) is 0 Å². The number of allylic oxidation sites excluding steroid dienone is 3. The minimum Gasteiger partial charge on any atom is -0.370 e. The van der Waals surface area contributed by atoms with Gasteiger partial charge in [-0.2, -0.15) is 0 Å². The van der Waals surface area contributed by atoms with Crippen molar-refractivity contribution in [2.45, 2.75) is 51.6 Å². The average Bonchev–Trinajstić information content (AvgIpc) is 3.07. The van der Waals surface area contributed by atoms with Crippen molar-refractivity contribution in [2.24, 2.45) is 5.73 Å². The lowest BCUT2D eigenvalue weighted by Crippen LogP contribution is -2.38. The lowest BCUT2D eigenvalue weighted by Gasteiger charge is -2.35. The number of primary amides is 1. The Hall–Kier alpha value is -2.65. The Morgan fingerprint density at radius 3 is 1.93 bits per heavy atom. The number of hydrogen-bond acceptors (Lipinski definition) is 1. The van der Waals surface area contributed by atoms with Gasteiger partial charge in [-0.3, -0.25) is 9.28 Å². The predicted molar refractivity (Wildman–Crippen MR) is 115 cm³/mol. The lowest BCUT2D eigenvalue weighted by molar-refractivity contribution is -0.868. The standard InChI is InChI=1S/C25H30N2O/c26-25(28)18-10-2-1-9-16-24-17-11-19-27(24,20-22-12-5-3-6-13-22)21-23-14-7-4-8-15-23/h3-8,11-15,17,19H,1-2,9-10,16,18,20-21H2,(H-,26,28)/p+1. The molecule has 2 N–H and O–H groups in total. The lowest BCUT2D eigenvalue weighted by atomic mass is 10.1. The van der Waals surface area contributed by atoms with Gasteiger partial charge in [0, 0.05) is 30.0 Å². The Balaban J connectivity index is 1.67. The van der Waals surface area contributed by atoms with E-state index in [1.807, 2.05) is 0 Å². The van der Waals surface area contributed by atoms with Gasteiger partial charge in [0.2, 0.25) is 5.91 Å². The Kier molecular flexibility index (Phi) is 7.21. The summed E-state index contributed by atoms with van der Waals surface area (Å²) in [6, 6.07) is 21.5. The molecule has 2 aromatic carbocycles. The summed E-state index contributed by atoms with van der Waals surface area (Å²) in [4.78, 5) is 10.9. The molecule has 0 atom stereocenters. The first-order valence-corrected chi connectivity index (χ1v) is 10.3. The van der Waals surface area contributed by atoms with Gasteiger partial charge < -0.3 is 5.73 Å². The molecule has 28 heavy (non-hydrogen) atoms. The minimum atomic E-state index is -0.191. The average molecular weight is 376 g/mol. The Morgan fingerprint density at radius 2 is 1.36 bits per heavy atom. The number of rotatable bonds is 11. The maximum atomic E-state index is 10.9. The third kappa shape index (κ3) is 5.67. The van der Waals surface area contributed by atoms with Crippen molar-refractivity contribution < 1.29 is 9.28 Å². The summed E-state index contributed by atoms with van der Waals surface area (Å²) in [6.07, 6.45) is 12.7. The molecule has 0 bridgehead atoms. The zero-order valence-corrected chi connectivity index (χ0v) is 16.6. The summed E-state index contributed by atoms with van der Waals surface area (Å²) in [6.45, 7) is 1.94. The van der Waals surface area contributed by atoms with Gasteiger partial charge in [-0.1, -0.05) is 73.5 Å². The van der Waals surface area contributed by atoms with Gasteiger partial charge in [-0.25, -0.2) is 0 Å². The van der Waals surface area contributed by atoms with E-state index in [0.717, 1.165) is 49.7 Å². The maximum Gasteiger partial charge on any atom is 0.217 e. The third-order valence-electron chi connectivity index (χ3n) is 5.45. The second kappa shape index (κ2) is 10.0. The number of nitrogens with zero attached hydrogens (tertiary/aromatic N) is 1. The smallest absolute Gasteiger partial charge is 0.217 e. The molecule has 0 aromatic heterocycles. The van der Waals surface area contributed by atoms with E-state index < -0.39 is 0 Å². The first-order valence-electron chi connectivity index (χ1n) is 10.3. The van der Waals surface area contributed by atoms with E-state index in [0.29, 0.717) is 6.42 Å². The molecule has 2 aromatic rings. The number of carbonyl (C=O) groups is 1. The summed E-state index contributed by atoms with van der Waals surface area (Å²) in [5, 5.41) is 0. The normalized spacial score (nSPS) is 14.8. The van der Waals surface area contributed by atoms with Crippen molar-refractivity contribution in [3.63, 3.8) is 0 Å². The van der Waals surface area contributed by atoms with E-state index in [9.17, 15) is 4.79 Å². The van der Waals surface area contributed by atoms with Gasteiger partial charge in [0.05, 0.1) is 0 Å². The summed E-state index contributed by atoms with van der Waals surface area (Å²) in [5.74, 6) is -0.191. The van der Waals surface area contributed by atoms with Crippen LogP contribution < -0.4 is 5.73 Å². The number of hydrogen-bond donors (Lipinski definition) is 1. The highest BCUT2D eigenvalue weighted by Crippen LogP contribution is 2.34. The van der Waals surface area contributed by atoms with Crippen LogP contribution in [0.3, 0.4) is 0 Å². The van der Waals surface area contributed by atoms with E-state index >= 15 is 0 Å². The number of quaternary nitrogens is 1. The van der Waals surface area contributed by atoms with Crippen LogP contribution in [0.15, 0.2) is 84.7 Å². The first kappa shape index (κ1) is 20.1. The van der Waals surface area contributed by atoms with Gasteiger partial charge in [0.15, 0.2) is 0 Å². The summed E-state index contributed by atoms with van der Waals surface area (Å²) in [5.41, 5.74) is 9.42. The van der Waals surface area contributed by atoms with Gasteiger partial charge in [-0.05, 0) is 18.9 Å². The number of nitrogens with two attached hydrogens (primary N) is 1. The van der Waals surface area contributed by atoms with E-state index in [2.05, 4.69) is 79.0 Å². The highest BCUT2D eigenvalue weighted by molar-refractivity contribution is 5.73. The third-order valence-corrected chi connectivity index (χ3v) is 5.45. The highest BCUT2D eigenvalue weighted by atomic mass is 16.1. The molecule has 1 aliphatic heterocycles. The van der Waals surface area contributed by atoms with Crippen LogP contribution in [-0.2, 0) is 17.9 Å². The number of unbranched alkanes of at least 4 members (excludes halogenated alkanes) is 3. The molecule has 3 nitrogen and oxygen atoms in total. The van der Waals surface area contributed by atoms with Crippen LogP contribution in [0.25, 0.3) is 0 Å². The first-order chi connectivity index (χ1) is 13.7. The minimum absolute atomic E-state index is 0.191. The Morgan fingerprint density at radius 1 is 0.786 bits per heavy atom. The van der Waals surface area contributed by atoms with Crippen LogP contribution in [0.1, 0.15) is 49.7 Å². The number of carbonyl (C=O) groups excluding carboxylic acids is 1. The van der Waals surface area contributed by atoms with E-state index in [4.69, 9.17) is 5.73 Å². The van der Waals surface area contributed by atoms with Crippen molar-refractivity contribution in [1.82, 2.24) is 0 Å². The molecule has 3 heteroatoms. The molecule has 0 saturated heterocycles. The van der Waals surface area contributed by atoms with Gasteiger partial charge in [0.1, 0.15) is 25.0 Å². The van der Waals surface area contributed by atoms with E-state index in [1.165, 1.54) is 16.8 Å². The largest absolute Gasteiger partial charge is 0.370 e.